The van der Waals surface area contributed by atoms with E-state index in [1.165, 1.54) is 0 Å². The average Bonchev–Trinajstić information content (AvgIpc) is 2.68. The third kappa shape index (κ3) is 7.68. The third-order valence-electron chi connectivity index (χ3n) is 3.75. The van der Waals surface area contributed by atoms with Crippen LogP contribution in [0.1, 0.15) is 11.1 Å². The lowest BCUT2D eigenvalue weighted by molar-refractivity contribution is -0.138. The fraction of sp³-hybridized carbons (Fsp3) is 0.211. The Kier molecular flexibility index (Phi) is 8.95. The largest absolute Gasteiger partial charge is 0.506 e. The Hall–Kier alpha value is -2.09. The number of phenolic OH excluding ortho intramolecular Hbond substituents is 1. The fourth-order valence-electron chi connectivity index (χ4n) is 2.37. The molecular formula is C19H18I2N2O6. The Morgan fingerprint density at radius 3 is 2.24 bits per heavy atom. The van der Waals surface area contributed by atoms with Gasteiger partial charge in [-0.25, -0.2) is 4.79 Å². The van der Waals surface area contributed by atoms with Crippen LogP contribution in [-0.2, 0) is 27.4 Å². The van der Waals surface area contributed by atoms with Gasteiger partial charge in [0.15, 0.2) is 0 Å². The summed E-state index contributed by atoms with van der Waals surface area (Å²) in [6.07, 6.45) is -0.703. The summed E-state index contributed by atoms with van der Waals surface area (Å²) in [4.78, 5) is 35.3. The third-order valence-corrected chi connectivity index (χ3v) is 5.40. The maximum Gasteiger partial charge on any atom is 0.408 e. The molecule has 1 atom stereocenters. The minimum atomic E-state index is -1.20. The molecular weight excluding hydrogens is 606 g/mol. The SMILES string of the molecule is O=C(O)CNC(=O)[C@H](Cc1cc(I)c(O)c(I)c1)NC(=O)OCc1ccccc1. The Labute approximate surface area is 194 Å². The zero-order chi connectivity index (χ0) is 21.4. The second kappa shape index (κ2) is 11.2. The summed E-state index contributed by atoms with van der Waals surface area (Å²) in [6, 6.07) is 11.4. The van der Waals surface area contributed by atoms with Gasteiger partial charge >= 0.3 is 12.1 Å². The van der Waals surface area contributed by atoms with Gasteiger partial charge in [-0.1, -0.05) is 30.3 Å². The Bertz CT molecular complexity index is 869. The highest BCUT2D eigenvalue weighted by Gasteiger charge is 2.23. The number of hydrogen-bond donors (Lipinski definition) is 4. The van der Waals surface area contributed by atoms with Crippen molar-refractivity contribution >= 4 is 63.2 Å². The van der Waals surface area contributed by atoms with Gasteiger partial charge in [-0.3, -0.25) is 9.59 Å². The van der Waals surface area contributed by atoms with E-state index in [-0.39, 0.29) is 18.8 Å². The molecule has 0 saturated heterocycles. The summed E-state index contributed by atoms with van der Waals surface area (Å²) in [5, 5.41) is 23.4. The highest BCUT2D eigenvalue weighted by Crippen LogP contribution is 2.27. The number of carbonyl (C=O) groups is 3. The second-order valence-corrected chi connectivity index (χ2v) is 8.31. The summed E-state index contributed by atoms with van der Waals surface area (Å²) in [6.45, 7) is -0.536. The van der Waals surface area contributed by atoms with Crippen LogP contribution >= 0.6 is 45.2 Å². The molecule has 4 N–H and O–H groups in total. The molecule has 0 bridgehead atoms. The standard InChI is InChI=1S/C19H18I2N2O6/c20-13-6-12(7-14(21)17(13)26)8-15(18(27)22-9-16(24)25)23-19(28)29-10-11-4-2-1-3-5-11/h1-7,15,26H,8-10H2,(H,22,27)(H,23,28)(H,24,25)/t15-/m0/s1. The topological polar surface area (TPSA) is 125 Å². The first-order valence-electron chi connectivity index (χ1n) is 8.40. The van der Waals surface area contributed by atoms with Crippen LogP contribution < -0.4 is 10.6 Å². The van der Waals surface area contributed by atoms with Crippen molar-refractivity contribution in [2.24, 2.45) is 0 Å². The van der Waals surface area contributed by atoms with E-state index in [9.17, 15) is 19.5 Å². The van der Waals surface area contributed by atoms with Gasteiger partial charge in [-0.15, -0.1) is 0 Å². The molecule has 154 valence electrons. The minimum absolute atomic E-state index is 0.0329. The van der Waals surface area contributed by atoms with Crippen LogP contribution in [0.2, 0.25) is 0 Å². The number of halogens is 2. The molecule has 2 rings (SSSR count). The molecule has 0 aromatic heterocycles. The smallest absolute Gasteiger partial charge is 0.408 e. The monoisotopic (exact) mass is 624 g/mol. The molecule has 0 heterocycles. The highest BCUT2D eigenvalue weighted by molar-refractivity contribution is 14.1. The molecule has 0 aliphatic heterocycles. The number of ether oxygens (including phenoxy) is 1. The quantitative estimate of drug-likeness (QED) is 0.335. The molecule has 2 aromatic rings. The number of carboxylic acid groups (broad SMARTS) is 1. The lowest BCUT2D eigenvalue weighted by Crippen LogP contribution is -2.49. The molecule has 0 aliphatic rings. The van der Waals surface area contributed by atoms with Crippen molar-refractivity contribution in [3.05, 3.63) is 60.7 Å². The van der Waals surface area contributed by atoms with Crippen LogP contribution in [0.3, 0.4) is 0 Å². The van der Waals surface area contributed by atoms with Crippen LogP contribution in [0.5, 0.6) is 5.75 Å². The normalized spacial score (nSPS) is 11.4. The zero-order valence-electron chi connectivity index (χ0n) is 15.0. The number of hydrogen-bond acceptors (Lipinski definition) is 5. The average molecular weight is 624 g/mol. The highest BCUT2D eigenvalue weighted by atomic mass is 127. The van der Waals surface area contributed by atoms with Crippen LogP contribution in [0.15, 0.2) is 42.5 Å². The predicted molar refractivity (Wildman–Crippen MR) is 121 cm³/mol. The summed E-state index contributed by atoms with van der Waals surface area (Å²) < 4.78 is 6.35. The van der Waals surface area contributed by atoms with Gasteiger partial charge in [0.05, 0.1) is 7.14 Å². The van der Waals surface area contributed by atoms with Crippen LogP contribution in [0, 0.1) is 7.14 Å². The van der Waals surface area contributed by atoms with Crippen molar-refractivity contribution in [3.63, 3.8) is 0 Å². The fourth-order valence-corrected chi connectivity index (χ4v) is 4.27. The summed E-state index contributed by atoms with van der Waals surface area (Å²) in [5.41, 5.74) is 1.48. The number of rotatable bonds is 8. The number of alkyl carbamates (subject to hydrolysis) is 1. The van der Waals surface area contributed by atoms with Gasteiger partial charge in [0.2, 0.25) is 5.91 Å². The van der Waals surface area contributed by atoms with E-state index in [1.54, 1.807) is 24.3 Å². The molecule has 0 fully saturated rings. The zero-order valence-corrected chi connectivity index (χ0v) is 19.3. The van der Waals surface area contributed by atoms with Crippen molar-refractivity contribution in [2.45, 2.75) is 19.1 Å². The molecule has 0 unspecified atom stereocenters. The Balaban J connectivity index is 2.08. The second-order valence-electron chi connectivity index (χ2n) is 5.98. The maximum absolute atomic E-state index is 12.4. The lowest BCUT2D eigenvalue weighted by Gasteiger charge is -2.18. The molecule has 2 amide bonds. The summed E-state index contributed by atoms with van der Waals surface area (Å²) in [7, 11) is 0. The number of carboxylic acids is 1. The van der Waals surface area contributed by atoms with Gasteiger partial charge in [0.25, 0.3) is 0 Å². The first-order valence-corrected chi connectivity index (χ1v) is 10.6. The van der Waals surface area contributed by atoms with Crippen molar-refractivity contribution < 1.29 is 29.3 Å². The van der Waals surface area contributed by atoms with E-state index in [4.69, 9.17) is 9.84 Å². The van der Waals surface area contributed by atoms with E-state index in [2.05, 4.69) is 10.6 Å². The Morgan fingerprint density at radius 2 is 1.66 bits per heavy atom. The van der Waals surface area contributed by atoms with Gasteiger partial charge < -0.3 is 25.6 Å². The lowest BCUT2D eigenvalue weighted by atomic mass is 10.1. The van der Waals surface area contributed by atoms with Gasteiger partial charge in [0, 0.05) is 6.42 Å². The molecule has 8 nitrogen and oxygen atoms in total. The van der Waals surface area contributed by atoms with E-state index >= 15 is 0 Å². The number of carbonyl (C=O) groups excluding carboxylic acids is 2. The number of nitrogens with one attached hydrogen (secondary N) is 2. The molecule has 0 spiro atoms. The van der Waals surface area contributed by atoms with E-state index in [0.29, 0.717) is 12.7 Å². The Morgan fingerprint density at radius 1 is 1.03 bits per heavy atom. The van der Waals surface area contributed by atoms with Crippen molar-refractivity contribution in [1.82, 2.24) is 10.6 Å². The van der Waals surface area contributed by atoms with Crippen molar-refractivity contribution in [2.75, 3.05) is 6.54 Å². The van der Waals surface area contributed by atoms with Gasteiger partial charge in [-0.05, 0) is 68.4 Å². The number of benzene rings is 2. The molecule has 29 heavy (non-hydrogen) atoms. The predicted octanol–water partition coefficient (Wildman–Crippen LogP) is 2.64. The van der Waals surface area contributed by atoms with Crippen molar-refractivity contribution in [1.29, 1.82) is 0 Å². The van der Waals surface area contributed by atoms with Crippen molar-refractivity contribution in [3.8, 4) is 5.75 Å². The molecule has 2 aromatic carbocycles. The molecule has 0 radical (unpaired) electrons. The maximum atomic E-state index is 12.4. The first kappa shape index (κ1) is 23.2. The number of phenols is 1. The molecule has 0 saturated carbocycles. The number of aliphatic carboxylic acids is 1. The number of amides is 2. The van der Waals surface area contributed by atoms with Gasteiger partial charge in [0.1, 0.15) is 24.9 Å². The van der Waals surface area contributed by atoms with Crippen LogP contribution in [0.25, 0.3) is 0 Å². The summed E-state index contributed by atoms with van der Waals surface area (Å²) in [5.74, 6) is -1.71. The molecule has 0 aliphatic carbocycles. The number of aromatic hydroxyl groups is 1. The van der Waals surface area contributed by atoms with Crippen LogP contribution in [-0.4, -0.2) is 40.8 Å². The van der Waals surface area contributed by atoms with E-state index in [0.717, 1.165) is 5.56 Å². The molecule has 10 heteroatoms. The van der Waals surface area contributed by atoms with E-state index < -0.39 is 30.6 Å². The van der Waals surface area contributed by atoms with E-state index in [1.807, 2.05) is 63.4 Å². The van der Waals surface area contributed by atoms with Crippen LogP contribution in [0.4, 0.5) is 4.79 Å². The first-order chi connectivity index (χ1) is 13.8. The summed E-state index contributed by atoms with van der Waals surface area (Å²) >= 11 is 3.93. The minimum Gasteiger partial charge on any atom is -0.506 e. The van der Waals surface area contributed by atoms with Gasteiger partial charge in [-0.2, -0.15) is 0 Å².